The van der Waals surface area contributed by atoms with Crippen LogP contribution in [0.15, 0.2) is 76.1 Å². The third-order valence-electron chi connectivity index (χ3n) is 4.77. The van der Waals surface area contributed by atoms with Crippen molar-refractivity contribution in [3.63, 3.8) is 0 Å². The fraction of sp³-hybridized carbons (Fsp3) is 0.130. The van der Waals surface area contributed by atoms with E-state index in [1.54, 1.807) is 35.2 Å². The van der Waals surface area contributed by atoms with Gasteiger partial charge in [0.05, 0.1) is 10.5 Å². The lowest BCUT2D eigenvalue weighted by atomic mass is 10.1. The minimum absolute atomic E-state index is 0.0558. The Balaban J connectivity index is 1.46. The Bertz CT molecular complexity index is 1090. The largest absolute Gasteiger partial charge is 0.478 e. The molecule has 4 rings (SSSR count). The van der Waals surface area contributed by atoms with E-state index in [1.807, 2.05) is 30.3 Å². The second-order valence-electron chi connectivity index (χ2n) is 6.77. The quantitative estimate of drug-likeness (QED) is 0.419. The second kappa shape index (κ2) is 8.85. The van der Waals surface area contributed by atoms with Gasteiger partial charge in [-0.25, -0.2) is 4.79 Å². The van der Waals surface area contributed by atoms with Crippen molar-refractivity contribution >= 4 is 42.3 Å². The SMILES string of the molecule is O=C(O)c1ccc(-c2ccc(/C=C3\SC(S)N(CCc4ccccc4)C3=O)o2)cc1. The maximum Gasteiger partial charge on any atom is 0.335 e. The topological polar surface area (TPSA) is 70.8 Å². The van der Waals surface area contributed by atoms with Crippen molar-refractivity contribution in [3.8, 4) is 11.3 Å². The third kappa shape index (κ3) is 4.47. The Morgan fingerprint density at radius 1 is 1.10 bits per heavy atom. The molecule has 0 saturated carbocycles. The second-order valence-corrected chi connectivity index (χ2v) is 8.73. The highest BCUT2D eigenvalue weighted by Crippen LogP contribution is 2.38. The predicted octanol–water partition coefficient (Wildman–Crippen LogP) is 5.02. The number of thioether (sulfide) groups is 1. The Morgan fingerprint density at radius 3 is 2.53 bits per heavy atom. The van der Waals surface area contributed by atoms with Crippen molar-refractivity contribution in [3.05, 3.63) is 88.5 Å². The summed E-state index contributed by atoms with van der Waals surface area (Å²) in [7, 11) is 0. The average molecular weight is 438 g/mol. The first kappa shape index (κ1) is 20.4. The molecular formula is C23H19NO4S2. The van der Waals surface area contributed by atoms with Gasteiger partial charge in [-0.05, 0) is 36.2 Å². The van der Waals surface area contributed by atoms with Crippen LogP contribution in [0.2, 0.25) is 0 Å². The normalized spacial score (nSPS) is 17.6. The van der Waals surface area contributed by atoms with Crippen LogP contribution >= 0.6 is 24.4 Å². The summed E-state index contributed by atoms with van der Waals surface area (Å²) in [6.45, 7) is 0.598. The number of nitrogens with zero attached hydrogens (tertiary/aromatic N) is 1. The molecule has 1 N–H and O–H groups in total. The smallest absolute Gasteiger partial charge is 0.335 e. The molecule has 1 saturated heterocycles. The van der Waals surface area contributed by atoms with E-state index in [0.29, 0.717) is 23.0 Å². The molecule has 1 fully saturated rings. The van der Waals surface area contributed by atoms with Gasteiger partial charge in [0.15, 0.2) is 0 Å². The number of hydrogen-bond donors (Lipinski definition) is 2. The average Bonchev–Trinajstić information content (AvgIpc) is 3.32. The summed E-state index contributed by atoms with van der Waals surface area (Å²) >= 11 is 5.95. The number of furan rings is 1. The molecular weight excluding hydrogens is 418 g/mol. The third-order valence-corrected chi connectivity index (χ3v) is 6.38. The zero-order valence-corrected chi connectivity index (χ0v) is 17.6. The lowest BCUT2D eigenvalue weighted by Crippen LogP contribution is -2.31. The van der Waals surface area contributed by atoms with Crippen LogP contribution in [0.25, 0.3) is 17.4 Å². The van der Waals surface area contributed by atoms with Gasteiger partial charge in [0.1, 0.15) is 16.2 Å². The van der Waals surface area contributed by atoms with Crippen molar-refractivity contribution in [1.29, 1.82) is 0 Å². The van der Waals surface area contributed by atoms with E-state index in [2.05, 4.69) is 12.6 Å². The number of carboxylic acids is 1. The van der Waals surface area contributed by atoms with Crippen LogP contribution in [-0.2, 0) is 11.2 Å². The molecule has 30 heavy (non-hydrogen) atoms. The molecule has 5 nitrogen and oxygen atoms in total. The van der Waals surface area contributed by atoms with E-state index in [9.17, 15) is 9.59 Å². The molecule has 0 spiro atoms. The highest BCUT2D eigenvalue weighted by molar-refractivity contribution is 8.14. The van der Waals surface area contributed by atoms with E-state index >= 15 is 0 Å². The van der Waals surface area contributed by atoms with Gasteiger partial charge in [0, 0.05) is 18.2 Å². The van der Waals surface area contributed by atoms with E-state index < -0.39 is 5.97 Å². The van der Waals surface area contributed by atoms with E-state index in [4.69, 9.17) is 9.52 Å². The van der Waals surface area contributed by atoms with Gasteiger partial charge in [-0.2, -0.15) is 0 Å². The Hall–Kier alpha value is -2.90. The van der Waals surface area contributed by atoms with Gasteiger partial charge < -0.3 is 14.4 Å². The van der Waals surface area contributed by atoms with Gasteiger partial charge >= 0.3 is 5.97 Å². The molecule has 2 heterocycles. The van der Waals surface area contributed by atoms with Crippen LogP contribution in [0.1, 0.15) is 21.7 Å². The molecule has 1 amide bonds. The first-order valence-electron chi connectivity index (χ1n) is 9.36. The summed E-state index contributed by atoms with van der Waals surface area (Å²) < 4.78 is 5.62. The molecule has 2 aromatic carbocycles. The molecule has 1 aliphatic heterocycles. The molecule has 0 aliphatic carbocycles. The summed E-state index contributed by atoms with van der Waals surface area (Å²) in [5.74, 6) is 0.146. The van der Waals surface area contributed by atoms with Crippen molar-refractivity contribution in [1.82, 2.24) is 4.90 Å². The summed E-state index contributed by atoms with van der Waals surface area (Å²) in [5, 5.41) is 9.00. The fourth-order valence-corrected chi connectivity index (χ4v) is 4.68. The monoisotopic (exact) mass is 437 g/mol. The number of rotatable bonds is 6. The Kier molecular flexibility index (Phi) is 6.01. The number of thiol groups is 1. The maximum absolute atomic E-state index is 12.8. The standard InChI is InChI=1S/C23H19NO4S2/c25-21-20(30-23(29)24(21)13-12-15-4-2-1-3-5-15)14-18-10-11-19(28-18)16-6-8-17(9-7-16)22(26)27/h1-11,14,23,29H,12-13H2,(H,26,27)/b20-14-. The molecule has 152 valence electrons. The molecule has 1 aromatic heterocycles. The van der Waals surface area contributed by atoms with Gasteiger partial charge in [0.25, 0.3) is 5.91 Å². The summed E-state index contributed by atoms with van der Waals surface area (Å²) in [6.07, 6.45) is 2.50. The van der Waals surface area contributed by atoms with Crippen LogP contribution in [0, 0.1) is 0 Å². The van der Waals surface area contributed by atoms with Crippen LogP contribution in [0.3, 0.4) is 0 Å². The molecule has 0 bridgehead atoms. The minimum atomic E-state index is -0.971. The van der Waals surface area contributed by atoms with Crippen LogP contribution in [0.4, 0.5) is 0 Å². The van der Waals surface area contributed by atoms with Crippen molar-refractivity contribution in [2.24, 2.45) is 0 Å². The highest BCUT2D eigenvalue weighted by atomic mass is 32.2. The predicted molar refractivity (Wildman–Crippen MR) is 121 cm³/mol. The summed E-state index contributed by atoms with van der Waals surface area (Å²) in [4.78, 5) is 26.1. The van der Waals surface area contributed by atoms with E-state index in [1.165, 1.54) is 29.5 Å². The first-order valence-corrected chi connectivity index (χ1v) is 10.8. The number of carboxylic acid groups (broad SMARTS) is 1. The van der Waals surface area contributed by atoms with Crippen LogP contribution in [0.5, 0.6) is 0 Å². The molecule has 3 aromatic rings. The minimum Gasteiger partial charge on any atom is -0.478 e. The number of carbonyl (C=O) groups excluding carboxylic acids is 1. The van der Waals surface area contributed by atoms with Gasteiger partial charge in [0.2, 0.25) is 0 Å². The fourth-order valence-electron chi connectivity index (χ4n) is 3.16. The molecule has 1 aliphatic rings. The summed E-state index contributed by atoms with van der Waals surface area (Å²) in [6, 6.07) is 20.1. The number of aromatic carboxylic acids is 1. The van der Waals surface area contributed by atoms with Gasteiger partial charge in [-0.1, -0.05) is 54.2 Å². The number of hydrogen-bond acceptors (Lipinski definition) is 5. The van der Waals surface area contributed by atoms with Crippen LogP contribution in [-0.4, -0.2) is 33.1 Å². The van der Waals surface area contributed by atoms with Crippen molar-refractivity contribution in [2.45, 2.75) is 11.1 Å². The van der Waals surface area contributed by atoms with Crippen molar-refractivity contribution in [2.75, 3.05) is 6.54 Å². The lowest BCUT2D eigenvalue weighted by Gasteiger charge is -2.19. The number of amides is 1. The molecule has 1 unspecified atom stereocenters. The number of carbonyl (C=O) groups is 2. The Morgan fingerprint density at radius 2 is 1.83 bits per heavy atom. The number of benzene rings is 2. The molecule has 1 atom stereocenters. The van der Waals surface area contributed by atoms with Crippen molar-refractivity contribution < 1.29 is 19.1 Å². The van der Waals surface area contributed by atoms with Gasteiger partial charge in [-0.3, -0.25) is 4.79 Å². The van der Waals surface area contributed by atoms with Gasteiger partial charge in [-0.15, -0.1) is 12.6 Å². The Labute approximate surface area is 183 Å². The van der Waals surface area contributed by atoms with E-state index in [0.717, 1.165) is 12.0 Å². The highest BCUT2D eigenvalue weighted by Gasteiger charge is 2.33. The lowest BCUT2D eigenvalue weighted by molar-refractivity contribution is -0.125. The zero-order chi connectivity index (χ0) is 21.1. The van der Waals surface area contributed by atoms with E-state index in [-0.39, 0.29) is 16.2 Å². The molecule has 7 heteroatoms. The van der Waals surface area contributed by atoms with Crippen LogP contribution < -0.4 is 0 Å². The summed E-state index contributed by atoms with van der Waals surface area (Å²) in [5.41, 5.74) is 2.17. The first-order chi connectivity index (χ1) is 14.5. The molecule has 0 radical (unpaired) electrons. The zero-order valence-electron chi connectivity index (χ0n) is 15.9. The maximum atomic E-state index is 12.8.